The fourth-order valence-electron chi connectivity index (χ4n) is 2.49. The van der Waals surface area contributed by atoms with Gasteiger partial charge < -0.3 is 20.1 Å². The van der Waals surface area contributed by atoms with Gasteiger partial charge in [-0.2, -0.15) is 0 Å². The van der Waals surface area contributed by atoms with E-state index in [0.717, 1.165) is 0 Å². The fourth-order valence-corrected chi connectivity index (χ4v) is 2.49. The third-order valence-electron chi connectivity index (χ3n) is 3.80. The van der Waals surface area contributed by atoms with Crippen LogP contribution in [0.3, 0.4) is 0 Å². The second-order valence-corrected chi connectivity index (χ2v) is 5.89. The van der Waals surface area contributed by atoms with Gasteiger partial charge in [-0.05, 0) is 26.0 Å². The SMILES string of the molecule is CCNC(=O)[C@H](C)NC(=O)COC(=O)CN1C(=O)CCOc2ccccc21. The van der Waals surface area contributed by atoms with Crippen LogP contribution in [0.25, 0.3) is 0 Å². The number of hydrogen-bond donors (Lipinski definition) is 2. The Morgan fingerprint density at radius 3 is 2.78 bits per heavy atom. The molecule has 1 aromatic carbocycles. The number of para-hydroxylation sites is 2. The molecule has 9 nitrogen and oxygen atoms in total. The molecule has 0 bridgehead atoms. The molecule has 1 aromatic rings. The van der Waals surface area contributed by atoms with Gasteiger partial charge in [0.1, 0.15) is 18.3 Å². The number of amides is 3. The number of hydrogen-bond acceptors (Lipinski definition) is 6. The Morgan fingerprint density at radius 1 is 1.30 bits per heavy atom. The van der Waals surface area contributed by atoms with Crippen molar-refractivity contribution in [1.82, 2.24) is 10.6 Å². The third-order valence-corrected chi connectivity index (χ3v) is 3.80. The van der Waals surface area contributed by atoms with E-state index in [9.17, 15) is 19.2 Å². The Balaban J connectivity index is 1.89. The second-order valence-electron chi connectivity index (χ2n) is 5.89. The monoisotopic (exact) mass is 377 g/mol. The van der Waals surface area contributed by atoms with E-state index in [1.54, 1.807) is 31.2 Å². The van der Waals surface area contributed by atoms with Gasteiger partial charge in [-0.3, -0.25) is 24.1 Å². The predicted molar refractivity (Wildman–Crippen MR) is 96.2 cm³/mol. The number of carbonyl (C=O) groups is 4. The summed E-state index contributed by atoms with van der Waals surface area (Å²) in [5.41, 5.74) is 0.478. The number of benzene rings is 1. The average molecular weight is 377 g/mol. The van der Waals surface area contributed by atoms with Crippen molar-refractivity contribution in [2.45, 2.75) is 26.3 Å². The van der Waals surface area contributed by atoms with E-state index in [2.05, 4.69) is 10.6 Å². The maximum absolute atomic E-state index is 12.2. The molecule has 0 saturated heterocycles. The molecule has 0 saturated carbocycles. The smallest absolute Gasteiger partial charge is 0.326 e. The summed E-state index contributed by atoms with van der Waals surface area (Å²) in [4.78, 5) is 49.0. The van der Waals surface area contributed by atoms with Crippen LogP contribution in [0, 0.1) is 0 Å². The molecule has 1 aliphatic rings. The minimum atomic E-state index is -0.743. The van der Waals surface area contributed by atoms with Crippen LogP contribution in [0.2, 0.25) is 0 Å². The largest absolute Gasteiger partial charge is 0.491 e. The van der Waals surface area contributed by atoms with Crippen LogP contribution >= 0.6 is 0 Å². The number of nitrogens with zero attached hydrogens (tertiary/aromatic N) is 1. The zero-order chi connectivity index (χ0) is 19.8. The molecule has 1 heterocycles. The van der Waals surface area contributed by atoms with Crippen molar-refractivity contribution < 1.29 is 28.7 Å². The van der Waals surface area contributed by atoms with Crippen LogP contribution in [0.1, 0.15) is 20.3 Å². The van der Waals surface area contributed by atoms with Crippen LogP contribution in [0.4, 0.5) is 5.69 Å². The minimum Gasteiger partial charge on any atom is -0.491 e. The first kappa shape index (κ1) is 20.2. The van der Waals surface area contributed by atoms with Gasteiger partial charge in [-0.25, -0.2) is 0 Å². The molecule has 1 aliphatic heterocycles. The molecule has 9 heteroatoms. The number of ether oxygens (including phenoxy) is 2. The summed E-state index contributed by atoms with van der Waals surface area (Å²) in [5, 5.41) is 5.00. The summed E-state index contributed by atoms with van der Waals surface area (Å²) in [5.74, 6) is -1.44. The van der Waals surface area contributed by atoms with E-state index in [-0.39, 0.29) is 31.4 Å². The quantitative estimate of drug-likeness (QED) is 0.646. The van der Waals surface area contributed by atoms with Gasteiger partial charge in [0, 0.05) is 6.54 Å². The van der Waals surface area contributed by atoms with Gasteiger partial charge >= 0.3 is 5.97 Å². The number of rotatable bonds is 7. The number of likely N-dealkylation sites (N-methyl/N-ethyl adjacent to an activating group) is 1. The van der Waals surface area contributed by atoms with Gasteiger partial charge in [-0.1, -0.05) is 12.1 Å². The van der Waals surface area contributed by atoms with E-state index in [0.29, 0.717) is 18.0 Å². The lowest BCUT2D eigenvalue weighted by Crippen LogP contribution is -2.46. The lowest BCUT2D eigenvalue weighted by Gasteiger charge is -2.21. The standard InChI is InChI=1S/C18H23N3O6/c1-3-19-18(25)12(2)20-15(22)11-27-17(24)10-21-13-6-4-5-7-14(13)26-9-8-16(21)23/h4-7,12H,3,8-11H2,1-2H3,(H,19,25)(H,20,22)/t12-/m0/s1. The van der Waals surface area contributed by atoms with Gasteiger partial charge in [-0.15, -0.1) is 0 Å². The van der Waals surface area contributed by atoms with Crippen molar-refractivity contribution in [2.24, 2.45) is 0 Å². The van der Waals surface area contributed by atoms with E-state index in [4.69, 9.17) is 9.47 Å². The van der Waals surface area contributed by atoms with Crippen molar-refractivity contribution in [1.29, 1.82) is 0 Å². The van der Waals surface area contributed by atoms with Gasteiger partial charge in [0.2, 0.25) is 11.8 Å². The molecule has 0 aromatic heterocycles. The molecule has 146 valence electrons. The molecule has 0 spiro atoms. The van der Waals surface area contributed by atoms with E-state index < -0.39 is 24.5 Å². The van der Waals surface area contributed by atoms with Crippen LogP contribution in [-0.2, 0) is 23.9 Å². The van der Waals surface area contributed by atoms with E-state index >= 15 is 0 Å². The van der Waals surface area contributed by atoms with E-state index in [1.165, 1.54) is 11.8 Å². The fraction of sp³-hybridized carbons (Fsp3) is 0.444. The molecule has 3 amide bonds. The van der Waals surface area contributed by atoms with Crippen LogP contribution in [0.15, 0.2) is 24.3 Å². The van der Waals surface area contributed by atoms with Gasteiger partial charge in [0.25, 0.3) is 5.91 Å². The highest BCUT2D eigenvalue weighted by atomic mass is 16.5. The lowest BCUT2D eigenvalue weighted by molar-refractivity contribution is -0.148. The third kappa shape index (κ3) is 5.70. The summed E-state index contributed by atoms with van der Waals surface area (Å²) in [6, 6.07) is 6.14. The topological polar surface area (TPSA) is 114 Å². The summed E-state index contributed by atoms with van der Waals surface area (Å²) >= 11 is 0. The van der Waals surface area contributed by atoms with Crippen molar-refractivity contribution >= 4 is 29.4 Å². The Labute approximate surface area is 157 Å². The Morgan fingerprint density at radius 2 is 2.04 bits per heavy atom. The first-order valence-electron chi connectivity index (χ1n) is 8.67. The molecule has 0 unspecified atom stereocenters. The summed E-state index contributed by atoms with van der Waals surface area (Å²) in [6.45, 7) is 3.09. The van der Waals surface area contributed by atoms with Gasteiger partial charge in [0.05, 0.1) is 18.7 Å². The highest BCUT2D eigenvalue weighted by Gasteiger charge is 2.26. The normalized spacial score (nSPS) is 14.3. The van der Waals surface area contributed by atoms with Crippen LogP contribution in [-0.4, -0.2) is 56.0 Å². The Bertz CT molecular complexity index is 721. The second kappa shape index (κ2) is 9.56. The van der Waals surface area contributed by atoms with E-state index in [1.807, 2.05) is 0 Å². The predicted octanol–water partition coefficient (Wildman–Crippen LogP) is -0.0139. The number of nitrogens with one attached hydrogen (secondary N) is 2. The number of esters is 1. The highest BCUT2D eigenvalue weighted by Crippen LogP contribution is 2.30. The molecule has 0 aliphatic carbocycles. The minimum absolute atomic E-state index is 0.131. The first-order valence-corrected chi connectivity index (χ1v) is 8.67. The summed E-state index contributed by atoms with van der Waals surface area (Å²) in [7, 11) is 0. The van der Waals surface area contributed by atoms with Crippen LogP contribution < -0.4 is 20.3 Å². The Hall–Kier alpha value is -3.10. The average Bonchev–Trinajstić information content (AvgIpc) is 2.79. The maximum Gasteiger partial charge on any atom is 0.326 e. The Kier molecular flexibility index (Phi) is 7.16. The molecular weight excluding hydrogens is 354 g/mol. The van der Waals surface area contributed by atoms with Gasteiger partial charge in [0.15, 0.2) is 6.61 Å². The highest BCUT2D eigenvalue weighted by molar-refractivity contribution is 5.99. The summed E-state index contributed by atoms with van der Waals surface area (Å²) in [6.07, 6.45) is 0.131. The zero-order valence-electron chi connectivity index (χ0n) is 15.3. The number of anilines is 1. The zero-order valence-corrected chi connectivity index (χ0v) is 15.3. The van der Waals surface area contributed by atoms with Crippen molar-refractivity contribution in [2.75, 3.05) is 31.2 Å². The molecular formula is C18H23N3O6. The van der Waals surface area contributed by atoms with Crippen molar-refractivity contribution in [3.8, 4) is 5.75 Å². The molecule has 0 fully saturated rings. The number of fused-ring (bicyclic) bond motifs is 1. The molecule has 1 atom stereocenters. The maximum atomic E-state index is 12.2. The molecule has 0 radical (unpaired) electrons. The van der Waals surface area contributed by atoms with Crippen molar-refractivity contribution in [3.05, 3.63) is 24.3 Å². The molecule has 27 heavy (non-hydrogen) atoms. The molecule has 2 rings (SSSR count). The first-order chi connectivity index (χ1) is 12.9. The lowest BCUT2D eigenvalue weighted by atomic mass is 10.2. The van der Waals surface area contributed by atoms with Crippen LogP contribution in [0.5, 0.6) is 5.75 Å². The molecule has 2 N–H and O–H groups in total. The van der Waals surface area contributed by atoms with Crippen molar-refractivity contribution in [3.63, 3.8) is 0 Å². The summed E-state index contributed by atoms with van der Waals surface area (Å²) < 4.78 is 10.4. The number of carbonyl (C=O) groups excluding carboxylic acids is 4.